The zero-order valence-electron chi connectivity index (χ0n) is 17.8. The molecular formula is C26H21N5O2. The van der Waals surface area contributed by atoms with Gasteiger partial charge in [0.25, 0.3) is 5.91 Å². The Bertz CT molecular complexity index is 1380. The summed E-state index contributed by atoms with van der Waals surface area (Å²) in [7, 11) is 0. The minimum Gasteiger partial charge on any atom is -0.489 e. The molecule has 0 radical (unpaired) electrons. The molecule has 2 aromatic carbocycles. The lowest BCUT2D eigenvalue weighted by Gasteiger charge is -2.10. The fraction of sp³-hybridized carbons (Fsp3) is 0.0769. The highest BCUT2D eigenvalue weighted by Gasteiger charge is 2.11. The number of aromatic nitrogens is 4. The highest BCUT2D eigenvalue weighted by molar-refractivity contribution is 5.97. The van der Waals surface area contributed by atoms with E-state index in [1.165, 1.54) is 0 Å². The molecule has 162 valence electrons. The Morgan fingerprint density at radius 3 is 2.52 bits per heavy atom. The number of fused-ring (bicyclic) bond motifs is 1. The van der Waals surface area contributed by atoms with Gasteiger partial charge in [-0.25, -0.2) is 4.98 Å². The van der Waals surface area contributed by atoms with Crippen LogP contribution < -0.4 is 10.1 Å². The van der Waals surface area contributed by atoms with E-state index >= 15 is 0 Å². The molecule has 7 nitrogen and oxygen atoms in total. The quantitative estimate of drug-likeness (QED) is 0.412. The second-order valence-corrected chi connectivity index (χ2v) is 7.51. The molecule has 0 unspecified atom stereocenters. The fourth-order valence-electron chi connectivity index (χ4n) is 3.52. The minimum atomic E-state index is -0.152. The second-order valence-electron chi connectivity index (χ2n) is 7.51. The molecule has 1 N–H and O–H groups in total. The first kappa shape index (κ1) is 20.4. The topological polar surface area (TPSA) is 81.9 Å². The Morgan fingerprint density at radius 1 is 0.909 bits per heavy atom. The molecule has 0 aliphatic heterocycles. The van der Waals surface area contributed by atoms with Gasteiger partial charge in [-0.3, -0.25) is 19.3 Å². The number of ether oxygens (including phenoxy) is 1. The SMILES string of the molecule is O=C(NCc1cccnc1)c1ccc2c(c1)ncn2-c1cccc(OCc2cccnc2)c1. The van der Waals surface area contributed by atoms with Crippen LogP contribution in [-0.2, 0) is 13.2 Å². The van der Waals surface area contributed by atoms with Gasteiger partial charge in [0.2, 0.25) is 0 Å². The van der Waals surface area contributed by atoms with E-state index in [9.17, 15) is 4.79 Å². The molecule has 0 saturated heterocycles. The van der Waals surface area contributed by atoms with Crippen LogP contribution in [0.3, 0.4) is 0 Å². The maximum Gasteiger partial charge on any atom is 0.251 e. The van der Waals surface area contributed by atoms with Crippen molar-refractivity contribution in [2.75, 3.05) is 0 Å². The van der Waals surface area contributed by atoms with E-state index in [0.717, 1.165) is 33.6 Å². The Kier molecular flexibility index (Phi) is 5.75. The molecule has 5 rings (SSSR count). The molecule has 3 aromatic heterocycles. The van der Waals surface area contributed by atoms with Gasteiger partial charge < -0.3 is 10.1 Å². The number of nitrogens with one attached hydrogen (secondary N) is 1. The number of amides is 1. The summed E-state index contributed by atoms with van der Waals surface area (Å²) < 4.78 is 7.90. The summed E-state index contributed by atoms with van der Waals surface area (Å²) in [6.45, 7) is 0.866. The summed E-state index contributed by atoms with van der Waals surface area (Å²) in [5, 5.41) is 2.92. The molecule has 0 aliphatic rings. The molecule has 5 aromatic rings. The number of hydrogen-bond acceptors (Lipinski definition) is 5. The number of nitrogens with zero attached hydrogens (tertiary/aromatic N) is 4. The first-order chi connectivity index (χ1) is 16.3. The van der Waals surface area contributed by atoms with Crippen LogP contribution in [0.4, 0.5) is 0 Å². The Morgan fingerprint density at radius 2 is 1.73 bits per heavy atom. The summed E-state index contributed by atoms with van der Waals surface area (Å²) in [6.07, 6.45) is 8.72. The van der Waals surface area contributed by atoms with E-state index in [4.69, 9.17) is 4.74 Å². The van der Waals surface area contributed by atoms with E-state index in [1.54, 1.807) is 37.2 Å². The Labute approximate surface area is 190 Å². The number of pyridine rings is 2. The maximum atomic E-state index is 12.6. The number of hydrogen-bond donors (Lipinski definition) is 1. The molecule has 0 fully saturated rings. The van der Waals surface area contributed by atoms with Crippen LogP contribution in [0.1, 0.15) is 21.5 Å². The van der Waals surface area contributed by atoms with Gasteiger partial charge >= 0.3 is 0 Å². The van der Waals surface area contributed by atoms with Crippen LogP contribution in [0, 0.1) is 0 Å². The lowest BCUT2D eigenvalue weighted by Crippen LogP contribution is -2.22. The number of imidazole rings is 1. The summed E-state index contributed by atoms with van der Waals surface area (Å²) in [6, 6.07) is 21.0. The second kappa shape index (κ2) is 9.32. The van der Waals surface area contributed by atoms with Gasteiger partial charge in [-0.2, -0.15) is 0 Å². The molecule has 0 spiro atoms. The zero-order valence-corrected chi connectivity index (χ0v) is 17.8. The van der Waals surface area contributed by atoms with Gasteiger partial charge in [0.15, 0.2) is 0 Å². The third-order valence-corrected chi connectivity index (χ3v) is 5.21. The van der Waals surface area contributed by atoms with E-state index in [0.29, 0.717) is 18.7 Å². The van der Waals surface area contributed by atoms with Crippen LogP contribution in [0.2, 0.25) is 0 Å². The molecule has 3 heterocycles. The highest BCUT2D eigenvalue weighted by Crippen LogP contribution is 2.23. The molecule has 1 amide bonds. The van der Waals surface area contributed by atoms with E-state index in [-0.39, 0.29) is 5.91 Å². The Hall–Kier alpha value is -4.52. The van der Waals surface area contributed by atoms with Crippen LogP contribution in [0.5, 0.6) is 5.75 Å². The van der Waals surface area contributed by atoms with Crippen molar-refractivity contribution >= 4 is 16.9 Å². The molecule has 0 atom stereocenters. The standard InChI is InChI=1S/C26H21N5O2/c32-26(29-16-19-4-2-10-27-14-19)21-8-9-25-24(12-21)30-18-31(25)22-6-1-7-23(13-22)33-17-20-5-3-11-28-15-20/h1-15,18H,16-17H2,(H,29,32). The smallest absolute Gasteiger partial charge is 0.251 e. The first-order valence-electron chi connectivity index (χ1n) is 10.5. The van der Waals surface area contributed by atoms with E-state index < -0.39 is 0 Å². The molecule has 0 aliphatic carbocycles. The summed E-state index contributed by atoms with van der Waals surface area (Å²) >= 11 is 0. The van der Waals surface area contributed by atoms with Crippen molar-refractivity contribution in [3.63, 3.8) is 0 Å². The van der Waals surface area contributed by atoms with Crippen LogP contribution in [-0.4, -0.2) is 25.4 Å². The highest BCUT2D eigenvalue weighted by atomic mass is 16.5. The molecule has 0 bridgehead atoms. The van der Waals surface area contributed by atoms with Gasteiger partial charge in [-0.1, -0.05) is 18.2 Å². The van der Waals surface area contributed by atoms with E-state index in [2.05, 4.69) is 20.3 Å². The third-order valence-electron chi connectivity index (χ3n) is 5.21. The van der Waals surface area contributed by atoms with Gasteiger partial charge in [-0.05, 0) is 48.0 Å². The summed E-state index contributed by atoms with van der Waals surface area (Å²) in [5.41, 5.74) is 5.08. The molecule has 33 heavy (non-hydrogen) atoms. The number of rotatable bonds is 7. The van der Waals surface area contributed by atoms with Gasteiger partial charge in [-0.15, -0.1) is 0 Å². The monoisotopic (exact) mass is 435 g/mol. The molecule has 0 saturated carbocycles. The van der Waals surface area contributed by atoms with Crippen molar-refractivity contribution in [2.24, 2.45) is 0 Å². The van der Waals surface area contributed by atoms with Gasteiger partial charge in [0.05, 0.1) is 16.7 Å². The normalized spacial score (nSPS) is 10.8. The fourth-order valence-corrected chi connectivity index (χ4v) is 3.52. The summed E-state index contributed by atoms with van der Waals surface area (Å²) in [5.74, 6) is 0.603. The zero-order chi connectivity index (χ0) is 22.5. The Balaban J connectivity index is 1.32. The van der Waals surface area contributed by atoms with Gasteiger partial charge in [0.1, 0.15) is 18.7 Å². The number of carbonyl (C=O) groups excluding carboxylic acids is 1. The van der Waals surface area contributed by atoms with Crippen molar-refractivity contribution in [2.45, 2.75) is 13.2 Å². The first-order valence-corrected chi connectivity index (χ1v) is 10.5. The predicted octanol–water partition coefficient (Wildman–Crippen LogP) is 4.32. The minimum absolute atomic E-state index is 0.152. The average Bonchev–Trinajstić information content (AvgIpc) is 3.31. The van der Waals surface area contributed by atoms with Crippen molar-refractivity contribution in [3.05, 3.63) is 115 Å². The molecule has 7 heteroatoms. The van der Waals surface area contributed by atoms with Crippen LogP contribution >= 0.6 is 0 Å². The summed E-state index contributed by atoms with van der Waals surface area (Å²) in [4.78, 5) is 25.3. The van der Waals surface area contributed by atoms with Crippen molar-refractivity contribution in [1.82, 2.24) is 24.8 Å². The van der Waals surface area contributed by atoms with Crippen molar-refractivity contribution in [3.8, 4) is 11.4 Å². The van der Waals surface area contributed by atoms with Gasteiger partial charge in [0, 0.05) is 48.5 Å². The largest absolute Gasteiger partial charge is 0.489 e. The predicted molar refractivity (Wildman–Crippen MR) is 125 cm³/mol. The van der Waals surface area contributed by atoms with Crippen LogP contribution in [0.25, 0.3) is 16.7 Å². The van der Waals surface area contributed by atoms with Crippen molar-refractivity contribution in [1.29, 1.82) is 0 Å². The number of carbonyl (C=O) groups is 1. The lowest BCUT2D eigenvalue weighted by molar-refractivity contribution is 0.0951. The third kappa shape index (κ3) is 4.72. The van der Waals surface area contributed by atoms with Crippen molar-refractivity contribution < 1.29 is 9.53 Å². The lowest BCUT2D eigenvalue weighted by atomic mass is 10.1. The molecular weight excluding hydrogens is 414 g/mol. The van der Waals surface area contributed by atoms with E-state index in [1.807, 2.05) is 65.2 Å². The number of benzene rings is 2. The van der Waals surface area contributed by atoms with Crippen LogP contribution in [0.15, 0.2) is 97.8 Å². The average molecular weight is 435 g/mol. The maximum absolute atomic E-state index is 12.6.